The van der Waals surface area contributed by atoms with Gasteiger partial charge in [-0.15, -0.1) is 0 Å². The van der Waals surface area contributed by atoms with Crippen LogP contribution >= 0.6 is 0 Å². The lowest BCUT2D eigenvalue weighted by Crippen LogP contribution is -2.53. The molecule has 0 aromatic heterocycles. The van der Waals surface area contributed by atoms with Crippen molar-refractivity contribution >= 4 is 21.7 Å². The quantitative estimate of drug-likeness (QED) is 0.708. The standard InChI is InChI=1S/C17H28N2O5S/c1-12(2)15-11-18(5-7-24-15)16(20)9-14-10-19(6-8-25(14,22)23)17(21)13-3-4-13/h12-15H,3-11H2,1-2H3. The maximum absolute atomic E-state index is 12.6. The number of hydrogen-bond acceptors (Lipinski definition) is 5. The molecule has 2 heterocycles. The summed E-state index contributed by atoms with van der Waals surface area (Å²) in [6.45, 7) is 6.00. The minimum Gasteiger partial charge on any atom is -0.374 e. The molecule has 7 nitrogen and oxygen atoms in total. The van der Waals surface area contributed by atoms with Crippen LogP contribution in [0.2, 0.25) is 0 Å². The smallest absolute Gasteiger partial charge is 0.225 e. The van der Waals surface area contributed by atoms with Crippen molar-refractivity contribution in [2.45, 2.75) is 44.5 Å². The van der Waals surface area contributed by atoms with Crippen molar-refractivity contribution in [3.05, 3.63) is 0 Å². The molecule has 3 aliphatic rings. The topological polar surface area (TPSA) is 84.0 Å². The van der Waals surface area contributed by atoms with Gasteiger partial charge in [-0.2, -0.15) is 0 Å². The lowest BCUT2D eigenvalue weighted by atomic mass is 10.1. The second kappa shape index (κ2) is 7.23. The van der Waals surface area contributed by atoms with Crippen LogP contribution in [-0.2, 0) is 24.2 Å². The SMILES string of the molecule is CC(C)C1CN(C(=O)CC2CN(C(=O)C3CC3)CCS2(=O)=O)CCO1. The van der Waals surface area contributed by atoms with Gasteiger partial charge < -0.3 is 14.5 Å². The van der Waals surface area contributed by atoms with E-state index < -0.39 is 15.1 Å². The Bertz CT molecular complexity index is 629. The summed E-state index contributed by atoms with van der Waals surface area (Å²) in [6.07, 6.45) is 1.75. The van der Waals surface area contributed by atoms with Crippen molar-refractivity contribution in [2.75, 3.05) is 38.5 Å². The van der Waals surface area contributed by atoms with Crippen molar-refractivity contribution in [1.29, 1.82) is 0 Å². The van der Waals surface area contributed by atoms with Crippen molar-refractivity contribution < 1.29 is 22.7 Å². The number of sulfone groups is 1. The number of amides is 2. The number of rotatable bonds is 4. The third-order valence-electron chi connectivity index (χ3n) is 5.41. The number of hydrogen-bond donors (Lipinski definition) is 0. The van der Waals surface area contributed by atoms with Gasteiger partial charge >= 0.3 is 0 Å². The number of carbonyl (C=O) groups excluding carboxylic acids is 2. The molecule has 142 valence electrons. The summed E-state index contributed by atoms with van der Waals surface area (Å²) in [5.74, 6) is 0.243. The van der Waals surface area contributed by atoms with Crippen LogP contribution in [-0.4, -0.2) is 79.9 Å². The van der Waals surface area contributed by atoms with E-state index in [0.717, 1.165) is 12.8 Å². The van der Waals surface area contributed by atoms with E-state index >= 15 is 0 Å². The van der Waals surface area contributed by atoms with Crippen molar-refractivity contribution in [1.82, 2.24) is 9.80 Å². The zero-order chi connectivity index (χ0) is 18.2. The molecule has 0 N–H and O–H groups in total. The summed E-state index contributed by atoms with van der Waals surface area (Å²) >= 11 is 0. The minimum absolute atomic E-state index is 0.00592. The molecule has 2 amide bonds. The molecule has 2 saturated heterocycles. The van der Waals surface area contributed by atoms with E-state index in [2.05, 4.69) is 0 Å². The first-order valence-corrected chi connectivity index (χ1v) is 10.9. The third kappa shape index (κ3) is 4.34. The van der Waals surface area contributed by atoms with E-state index in [1.54, 1.807) is 9.80 Å². The van der Waals surface area contributed by atoms with E-state index in [-0.39, 0.29) is 49.1 Å². The molecule has 0 bridgehead atoms. The fraction of sp³-hybridized carbons (Fsp3) is 0.882. The van der Waals surface area contributed by atoms with Crippen molar-refractivity contribution in [3.63, 3.8) is 0 Å². The summed E-state index contributed by atoms with van der Waals surface area (Å²) in [5.41, 5.74) is 0. The fourth-order valence-electron chi connectivity index (χ4n) is 3.46. The molecular weight excluding hydrogens is 344 g/mol. The van der Waals surface area contributed by atoms with E-state index in [0.29, 0.717) is 25.6 Å². The van der Waals surface area contributed by atoms with Gasteiger partial charge in [0.05, 0.1) is 23.7 Å². The van der Waals surface area contributed by atoms with Gasteiger partial charge in [-0.1, -0.05) is 13.8 Å². The molecule has 0 spiro atoms. The van der Waals surface area contributed by atoms with Gasteiger partial charge in [-0.3, -0.25) is 9.59 Å². The molecule has 0 aromatic carbocycles. The van der Waals surface area contributed by atoms with Gasteiger partial charge in [0.25, 0.3) is 0 Å². The summed E-state index contributed by atoms with van der Waals surface area (Å²) in [4.78, 5) is 28.2. The van der Waals surface area contributed by atoms with Crippen LogP contribution in [0, 0.1) is 11.8 Å². The maximum atomic E-state index is 12.6. The summed E-state index contributed by atoms with van der Waals surface area (Å²) in [5, 5.41) is -0.781. The Morgan fingerprint density at radius 3 is 2.48 bits per heavy atom. The minimum atomic E-state index is -3.33. The van der Waals surface area contributed by atoms with Crippen LogP contribution in [0.4, 0.5) is 0 Å². The monoisotopic (exact) mass is 372 g/mol. The van der Waals surface area contributed by atoms with Crippen LogP contribution in [0.15, 0.2) is 0 Å². The van der Waals surface area contributed by atoms with Gasteiger partial charge in [0.2, 0.25) is 11.8 Å². The highest BCUT2D eigenvalue weighted by atomic mass is 32.2. The zero-order valence-electron chi connectivity index (χ0n) is 15.0. The molecule has 3 fully saturated rings. The van der Waals surface area contributed by atoms with Gasteiger partial charge in [0.15, 0.2) is 9.84 Å². The third-order valence-corrected chi connectivity index (χ3v) is 7.49. The fourth-order valence-corrected chi connectivity index (χ4v) is 5.08. The normalized spacial score (nSPS) is 29.7. The maximum Gasteiger partial charge on any atom is 0.225 e. The predicted octanol–water partition coefficient (Wildman–Crippen LogP) is 0.296. The second-order valence-electron chi connectivity index (χ2n) is 7.74. The van der Waals surface area contributed by atoms with Crippen LogP contribution in [0.25, 0.3) is 0 Å². The van der Waals surface area contributed by atoms with Crippen LogP contribution in [0.5, 0.6) is 0 Å². The Labute approximate surface area is 149 Å². The molecule has 1 aliphatic carbocycles. The Balaban J connectivity index is 1.62. The average Bonchev–Trinajstić information content (AvgIpc) is 3.41. The van der Waals surface area contributed by atoms with Gasteiger partial charge in [-0.25, -0.2) is 8.42 Å². The molecule has 2 aliphatic heterocycles. The Morgan fingerprint density at radius 2 is 1.84 bits per heavy atom. The van der Waals surface area contributed by atoms with Crippen LogP contribution in [0.1, 0.15) is 33.1 Å². The number of ether oxygens (including phenoxy) is 1. The average molecular weight is 372 g/mol. The largest absolute Gasteiger partial charge is 0.374 e. The Morgan fingerprint density at radius 1 is 1.12 bits per heavy atom. The molecule has 2 unspecified atom stereocenters. The van der Waals surface area contributed by atoms with E-state index in [9.17, 15) is 18.0 Å². The van der Waals surface area contributed by atoms with Crippen LogP contribution in [0.3, 0.4) is 0 Å². The molecule has 25 heavy (non-hydrogen) atoms. The summed E-state index contributed by atoms with van der Waals surface area (Å²) in [6, 6.07) is 0. The predicted molar refractivity (Wildman–Crippen MR) is 92.7 cm³/mol. The Hall–Kier alpha value is -1.15. The molecule has 3 rings (SSSR count). The molecule has 0 radical (unpaired) electrons. The molecular formula is C17H28N2O5S. The van der Waals surface area contributed by atoms with Crippen molar-refractivity contribution in [3.8, 4) is 0 Å². The van der Waals surface area contributed by atoms with E-state index in [4.69, 9.17) is 4.74 Å². The molecule has 8 heteroatoms. The molecule has 2 atom stereocenters. The van der Waals surface area contributed by atoms with Gasteiger partial charge in [0.1, 0.15) is 0 Å². The van der Waals surface area contributed by atoms with E-state index in [1.807, 2.05) is 13.8 Å². The number of nitrogens with zero attached hydrogens (tertiary/aromatic N) is 2. The highest BCUT2D eigenvalue weighted by molar-refractivity contribution is 7.92. The van der Waals surface area contributed by atoms with Gasteiger partial charge in [0, 0.05) is 38.5 Å². The first kappa shape index (κ1) is 18.6. The highest BCUT2D eigenvalue weighted by Crippen LogP contribution is 2.32. The first-order valence-electron chi connectivity index (χ1n) is 9.17. The lowest BCUT2D eigenvalue weighted by molar-refractivity contribution is -0.141. The second-order valence-corrected chi connectivity index (χ2v) is 10.1. The molecule has 0 aromatic rings. The first-order chi connectivity index (χ1) is 11.8. The van der Waals surface area contributed by atoms with Crippen molar-refractivity contribution in [2.24, 2.45) is 11.8 Å². The molecule has 1 saturated carbocycles. The number of carbonyl (C=O) groups is 2. The number of morpholine rings is 1. The van der Waals surface area contributed by atoms with Gasteiger partial charge in [-0.05, 0) is 18.8 Å². The highest BCUT2D eigenvalue weighted by Gasteiger charge is 2.41. The summed E-state index contributed by atoms with van der Waals surface area (Å²) in [7, 11) is -3.33. The van der Waals surface area contributed by atoms with E-state index in [1.165, 1.54) is 0 Å². The summed E-state index contributed by atoms with van der Waals surface area (Å²) < 4.78 is 30.5. The van der Waals surface area contributed by atoms with Crippen LogP contribution < -0.4 is 0 Å². The lowest BCUT2D eigenvalue weighted by Gasteiger charge is -2.37. The zero-order valence-corrected chi connectivity index (χ0v) is 15.8. The Kier molecular flexibility index (Phi) is 5.39.